The molecule has 1 atom stereocenters. The van der Waals surface area contributed by atoms with E-state index in [0.717, 1.165) is 31.5 Å². The first kappa shape index (κ1) is 22.2. The van der Waals surface area contributed by atoms with Crippen LogP contribution in [0.2, 0.25) is 0 Å². The Hall–Kier alpha value is -1.44. The van der Waals surface area contributed by atoms with Gasteiger partial charge in [-0.25, -0.2) is 8.42 Å². The van der Waals surface area contributed by atoms with Crippen molar-refractivity contribution in [3.8, 4) is 0 Å². The van der Waals surface area contributed by atoms with Crippen molar-refractivity contribution >= 4 is 15.9 Å². The van der Waals surface area contributed by atoms with Gasteiger partial charge in [-0.15, -0.1) is 0 Å². The number of nitrogens with zero attached hydrogens (tertiary/aromatic N) is 3. The van der Waals surface area contributed by atoms with Gasteiger partial charge in [-0.1, -0.05) is 32.9 Å². The molecule has 3 rings (SSSR count). The van der Waals surface area contributed by atoms with Gasteiger partial charge in [0.2, 0.25) is 15.9 Å². The van der Waals surface area contributed by atoms with Gasteiger partial charge in [-0.2, -0.15) is 4.31 Å². The Balaban J connectivity index is 1.58. The minimum Gasteiger partial charge on any atom is -0.341 e. The predicted molar refractivity (Wildman–Crippen MR) is 115 cm³/mol. The molecule has 0 aliphatic carbocycles. The molecule has 0 saturated carbocycles. The molecule has 1 aromatic carbocycles. The van der Waals surface area contributed by atoms with Crippen LogP contribution < -0.4 is 0 Å². The van der Waals surface area contributed by atoms with E-state index in [9.17, 15) is 13.2 Å². The summed E-state index contributed by atoms with van der Waals surface area (Å²) in [5, 5.41) is 0. The van der Waals surface area contributed by atoms with E-state index in [4.69, 9.17) is 0 Å². The highest BCUT2D eigenvalue weighted by Crippen LogP contribution is 2.22. The molecule has 0 radical (unpaired) electrons. The van der Waals surface area contributed by atoms with Crippen LogP contribution in [-0.4, -0.2) is 73.7 Å². The fourth-order valence-corrected chi connectivity index (χ4v) is 5.58. The second-order valence-corrected chi connectivity index (χ2v) is 10.8. The Kier molecular flexibility index (Phi) is 7.02. The number of piperazine rings is 1. The number of hydrogen-bond acceptors (Lipinski definition) is 4. The van der Waals surface area contributed by atoms with Gasteiger partial charge in [0, 0.05) is 39.3 Å². The van der Waals surface area contributed by atoms with E-state index < -0.39 is 10.0 Å². The smallest absolute Gasteiger partial charge is 0.243 e. The summed E-state index contributed by atoms with van der Waals surface area (Å²) in [7, 11) is -3.49. The molecule has 0 N–H and O–H groups in total. The number of rotatable bonds is 5. The number of piperidine rings is 1. The second kappa shape index (κ2) is 9.14. The van der Waals surface area contributed by atoms with E-state index in [2.05, 4.69) is 25.7 Å². The lowest BCUT2D eigenvalue weighted by atomic mass is 9.98. The number of benzene rings is 1. The topological polar surface area (TPSA) is 60.9 Å². The molecule has 1 aromatic rings. The first-order chi connectivity index (χ1) is 13.7. The summed E-state index contributed by atoms with van der Waals surface area (Å²) in [6.07, 6.45) is 2.14. The average Bonchev–Trinajstić information content (AvgIpc) is 2.73. The van der Waals surface area contributed by atoms with Crippen LogP contribution in [0.25, 0.3) is 0 Å². The van der Waals surface area contributed by atoms with Crippen molar-refractivity contribution in [3.05, 3.63) is 29.8 Å². The SMILES string of the molecule is CC1CCN(C(=O)C(C)N2CCN(S(=O)(=O)c3ccc(C(C)C)cc3)CC2)CC1. The van der Waals surface area contributed by atoms with Crippen molar-refractivity contribution in [1.29, 1.82) is 0 Å². The van der Waals surface area contributed by atoms with Crippen molar-refractivity contribution in [2.45, 2.75) is 57.4 Å². The van der Waals surface area contributed by atoms with Crippen molar-refractivity contribution in [1.82, 2.24) is 14.1 Å². The standard InChI is InChI=1S/C22H35N3O3S/c1-17(2)20-5-7-21(8-6-20)29(27,28)25-15-13-23(14-16-25)19(4)22(26)24-11-9-18(3)10-12-24/h5-8,17-19H,9-16H2,1-4H3. The molecule has 0 aromatic heterocycles. The Morgan fingerprint density at radius 3 is 2.00 bits per heavy atom. The summed E-state index contributed by atoms with van der Waals surface area (Å²) in [4.78, 5) is 17.3. The minimum absolute atomic E-state index is 0.178. The molecule has 2 saturated heterocycles. The molecule has 29 heavy (non-hydrogen) atoms. The predicted octanol–water partition coefficient (Wildman–Crippen LogP) is 2.76. The lowest BCUT2D eigenvalue weighted by Gasteiger charge is -2.39. The maximum absolute atomic E-state index is 13.0. The number of carbonyl (C=O) groups excluding carboxylic acids is 1. The van der Waals surface area contributed by atoms with Gasteiger partial charge in [0.1, 0.15) is 0 Å². The molecule has 7 heteroatoms. The van der Waals surface area contributed by atoms with Gasteiger partial charge in [0.15, 0.2) is 0 Å². The molecular formula is C22H35N3O3S. The van der Waals surface area contributed by atoms with E-state index in [0.29, 0.717) is 42.9 Å². The van der Waals surface area contributed by atoms with E-state index in [1.807, 2.05) is 24.0 Å². The van der Waals surface area contributed by atoms with Gasteiger partial charge in [0.05, 0.1) is 10.9 Å². The van der Waals surface area contributed by atoms with Crippen molar-refractivity contribution in [2.75, 3.05) is 39.3 Å². The molecule has 1 unspecified atom stereocenters. The second-order valence-electron chi connectivity index (χ2n) is 8.85. The van der Waals surface area contributed by atoms with Gasteiger partial charge >= 0.3 is 0 Å². The first-order valence-electron chi connectivity index (χ1n) is 10.8. The summed E-state index contributed by atoms with van der Waals surface area (Å²) in [5.74, 6) is 1.24. The summed E-state index contributed by atoms with van der Waals surface area (Å²) in [6, 6.07) is 7.02. The van der Waals surface area contributed by atoms with Gasteiger partial charge in [0.25, 0.3) is 0 Å². The number of amides is 1. The van der Waals surface area contributed by atoms with Crippen molar-refractivity contribution < 1.29 is 13.2 Å². The molecule has 6 nitrogen and oxygen atoms in total. The number of likely N-dealkylation sites (tertiary alicyclic amines) is 1. The highest BCUT2D eigenvalue weighted by atomic mass is 32.2. The molecule has 0 bridgehead atoms. The molecule has 0 spiro atoms. The lowest BCUT2D eigenvalue weighted by molar-refractivity contribution is -0.138. The highest BCUT2D eigenvalue weighted by molar-refractivity contribution is 7.89. The van der Waals surface area contributed by atoms with E-state index in [1.165, 1.54) is 0 Å². The van der Waals surface area contributed by atoms with E-state index >= 15 is 0 Å². The number of hydrogen-bond donors (Lipinski definition) is 0. The lowest BCUT2D eigenvalue weighted by Crippen LogP contribution is -2.56. The molecular weight excluding hydrogens is 386 g/mol. The fraction of sp³-hybridized carbons (Fsp3) is 0.682. The van der Waals surface area contributed by atoms with Crippen LogP contribution in [0.15, 0.2) is 29.2 Å². The molecule has 2 aliphatic heterocycles. The monoisotopic (exact) mass is 421 g/mol. The van der Waals surface area contributed by atoms with Crippen LogP contribution in [0.3, 0.4) is 0 Å². The van der Waals surface area contributed by atoms with Crippen LogP contribution >= 0.6 is 0 Å². The summed E-state index contributed by atoms with van der Waals surface area (Å²) >= 11 is 0. The third kappa shape index (κ3) is 5.01. The zero-order valence-electron chi connectivity index (χ0n) is 18.2. The highest BCUT2D eigenvalue weighted by Gasteiger charge is 2.33. The maximum atomic E-state index is 13.0. The third-order valence-electron chi connectivity index (χ3n) is 6.46. The fourth-order valence-electron chi connectivity index (χ4n) is 4.15. The molecule has 2 fully saturated rings. The summed E-state index contributed by atoms with van der Waals surface area (Å²) < 4.78 is 27.5. The summed E-state index contributed by atoms with van der Waals surface area (Å²) in [6.45, 7) is 12.1. The van der Waals surface area contributed by atoms with Crippen LogP contribution in [0.5, 0.6) is 0 Å². The molecule has 2 heterocycles. The molecule has 2 aliphatic rings. The van der Waals surface area contributed by atoms with Gasteiger partial charge in [-0.05, 0) is 49.3 Å². The number of carbonyl (C=O) groups is 1. The largest absolute Gasteiger partial charge is 0.341 e. The van der Waals surface area contributed by atoms with E-state index in [1.54, 1.807) is 16.4 Å². The van der Waals surface area contributed by atoms with Crippen LogP contribution in [0.4, 0.5) is 0 Å². The van der Waals surface area contributed by atoms with Gasteiger partial charge in [-0.3, -0.25) is 9.69 Å². The zero-order chi connectivity index (χ0) is 21.2. The van der Waals surface area contributed by atoms with Crippen molar-refractivity contribution in [2.24, 2.45) is 5.92 Å². The quantitative estimate of drug-likeness (QED) is 0.734. The van der Waals surface area contributed by atoms with Crippen LogP contribution in [0, 0.1) is 5.92 Å². The molecule has 1 amide bonds. The Morgan fingerprint density at radius 1 is 0.931 bits per heavy atom. The number of sulfonamides is 1. The normalized spacial score (nSPS) is 21.5. The Bertz CT molecular complexity index is 791. The Labute approximate surface area is 175 Å². The average molecular weight is 422 g/mol. The zero-order valence-corrected chi connectivity index (χ0v) is 19.0. The summed E-state index contributed by atoms with van der Waals surface area (Å²) in [5.41, 5.74) is 1.13. The minimum atomic E-state index is -3.49. The van der Waals surface area contributed by atoms with Gasteiger partial charge < -0.3 is 4.90 Å². The molecule has 162 valence electrons. The Morgan fingerprint density at radius 2 is 1.48 bits per heavy atom. The maximum Gasteiger partial charge on any atom is 0.243 e. The van der Waals surface area contributed by atoms with Crippen LogP contribution in [-0.2, 0) is 14.8 Å². The first-order valence-corrected chi connectivity index (χ1v) is 12.3. The third-order valence-corrected chi connectivity index (χ3v) is 8.37. The van der Waals surface area contributed by atoms with Crippen molar-refractivity contribution in [3.63, 3.8) is 0 Å². The van der Waals surface area contributed by atoms with Crippen LogP contribution in [0.1, 0.15) is 52.0 Å². The van der Waals surface area contributed by atoms with E-state index in [-0.39, 0.29) is 11.9 Å².